The molecule has 0 bridgehead atoms. The summed E-state index contributed by atoms with van der Waals surface area (Å²) in [4.78, 5) is 22.6. The SMILES string of the molecule is Cc1cc(C)c2oc(-c3ccc(NC=c4c(C)c(C#N)c5nc6ccccc6n5c4=O)cc3)nc2c1. The normalized spacial score (nSPS) is 12.0. The molecule has 0 saturated heterocycles. The van der Waals surface area contributed by atoms with Crippen LogP contribution in [0.5, 0.6) is 0 Å². The van der Waals surface area contributed by atoms with Crippen LogP contribution in [0.4, 0.5) is 5.69 Å². The molecule has 0 aliphatic rings. The Hall–Kier alpha value is -4.96. The lowest BCUT2D eigenvalue weighted by molar-refractivity contribution is 0.617. The van der Waals surface area contributed by atoms with E-state index in [1.807, 2.05) is 68.4 Å². The van der Waals surface area contributed by atoms with Gasteiger partial charge in [0.15, 0.2) is 11.2 Å². The predicted molar refractivity (Wildman–Crippen MR) is 141 cm³/mol. The third kappa shape index (κ3) is 3.31. The molecule has 0 unspecified atom stereocenters. The molecule has 6 rings (SSSR count). The van der Waals surface area contributed by atoms with Gasteiger partial charge in [-0.2, -0.15) is 5.26 Å². The van der Waals surface area contributed by atoms with Gasteiger partial charge in [0.05, 0.1) is 21.8 Å². The highest BCUT2D eigenvalue weighted by atomic mass is 16.3. The standard InChI is InChI=1S/C29H21N5O2/c1-16-12-17(2)26-24(13-16)33-28(36-26)19-8-10-20(11-9-19)31-15-22-18(3)21(14-30)27-32-23-6-4-5-7-25(23)34(27)29(22)35/h4-13,15,31H,1-3H3. The summed E-state index contributed by atoms with van der Waals surface area (Å²) in [5.41, 5.74) is 7.96. The second-order valence-corrected chi connectivity index (χ2v) is 8.91. The molecule has 3 heterocycles. The van der Waals surface area contributed by atoms with E-state index < -0.39 is 0 Å². The van der Waals surface area contributed by atoms with Crippen LogP contribution >= 0.6 is 0 Å². The first kappa shape index (κ1) is 21.6. The Labute approximate surface area is 205 Å². The number of fused-ring (bicyclic) bond motifs is 4. The van der Waals surface area contributed by atoms with E-state index in [9.17, 15) is 10.1 Å². The molecule has 7 nitrogen and oxygen atoms in total. The van der Waals surface area contributed by atoms with Crippen LogP contribution in [-0.4, -0.2) is 14.4 Å². The lowest BCUT2D eigenvalue weighted by Crippen LogP contribution is -2.34. The zero-order valence-corrected chi connectivity index (χ0v) is 20.0. The average molecular weight is 472 g/mol. The summed E-state index contributed by atoms with van der Waals surface area (Å²) in [7, 11) is 0. The molecule has 6 aromatic rings. The summed E-state index contributed by atoms with van der Waals surface area (Å²) in [6.07, 6.45) is 1.65. The van der Waals surface area contributed by atoms with Crippen LogP contribution in [0.3, 0.4) is 0 Å². The Kier molecular flexibility index (Phi) is 4.83. The molecule has 3 aromatic carbocycles. The number of hydrogen-bond donors (Lipinski definition) is 1. The second-order valence-electron chi connectivity index (χ2n) is 8.91. The number of benzene rings is 3. The van der Waals surface area contributed by atoms with E-state index in [2.05, 4.69) is 27.4 Å². The van der Waals surface area contributed by atoms with Gasteiger partial charge in [-0.1, -0.05) is 18.2 Å². The molecule has 1 N–H and O–H groups in total. The highest BCUT2D eigenvalue weighted by molar-refractivity contribution is 5.83. The second kappa shape index (κ2) is 8.07. The third-order valence-electron chi connectivity index (χ3n) is 6.44. The van der Waals surface area contributed by atoms with Gasteiger partial charge in [-0.15, -0.1) is 0 Å². The lowest BCUT2D eigenvalue weighted by Gasteiger charge is -2.05. The van der Waals surface area contributed by atoms with Gasteiger partial charge >= 0.3 is 0 Å². The first-order valence-electron chi connectivity index (χ1n) is 11.5. The van der Waals surface area contributed by atoms with Gasteiger partial charge in [-0.25, -0.2) is 9.97 Å². The van der Waals surface area contributed by atoms with Crippen molar-refractivity contribution in [3.8, 4) is 17.5 Å². The van der Waals surface area contributed by atoms with E-state index >= 15 is 0 Å². The molecular weight excluding hydrogens is 450 g/mol. The van der Waals surface area contributed by atoms with E-state index in [1.54, 1.807) is 13.1 Å². The number of hydrogen-bond acceptors (Lipinski definition) is 6. The topological polar surface area (TPSA) is 96.2 Å². The maximum atomic E-state index is 13.4. The molecule has 0 amide bonds. The molecule has 0 radical (unpaired) electrons. The molecule has 3 aromatic heterocycles. The number of imidazole rings is 1. The zero-order chi connectivity index (χ0) is 25.0. The molecule has 36 heavy (non-hydrogen) atoms. The number of aryl methyl sites for hydroxylation is 2. The van der Waals surface area contributed by atoms with Crippen LogP contribution in [0, 0.1) is 32.1 Å². The molecule has 0 spiro atoms. The Bertz CT molecular complexity index is 1980. The third-order valence-corrected chi connectivity index (χ3v) is 6.44. The fraction of sp³-hybridized carbons (Fsp3) is 0.103. The Balaban J connectivity index is 1.39. The minimum absolute atomic E-state index is 0.226. The van der Waals surface area contributed by atoms with Gasteiger partial charge in [0, 0.05) is 17.5 Å². The minimum Gasteiger partial charge on any atom is -0.436 e. The van der Waals surface area contributed by atoms with Crippen LogP contribution in [-0.2, 0) is 0 Å². The number of pyridine rings is 1. The number of rotatable bonds is 3. The molecule has 0 saturated carbocycles. The van der Waals surface area contributed by atoms with Gasteiger partial charge in [0.1, 0.15) is 11.6 Å². The van der Waals surface area contributed by atoms with E-state index in [-0.39, 0.29) is 5.56 Å². The molecular formula is C29H21N5O2. The van der Waals surface area contributed by atoms with Gasteiger partial charge in [0.2, 0.25) is 5.89 Å². The van der Waals surface area contributed by atoms with Gasteiger partial charge in [-0.05, 0) is 79.9 Å². The molecule has 0 fully saturated rings. The van der Waals surface area contributed by atoms with Crippen molar-refractivity contribution in [1.82, 2.24) is 14.4 Å². The van der Waals surface area contributed by atoms with Crippen LogP contribution < -0.4 is 16.1 Å². The summed E-state index contributed by atoms with van der Waals surface area (Å²) in [6.45, 7) is 5.83. The fourth-order valence-corrected chi connectivity index (χ4v) is 4.65. The zero-order valence-electron chi connectivity index (χ0n) is 20.0. The Morgan fingerprint density at radius 3 is 2.56 bits per heavy atom. The number of para-hydroxylation sites is 2. The monoisotopic (exact) mass is 471 g/mol. The van der Waals surface area contributed by atoms with Crippen molar-refractivity contribution in [2.45, 2.75) is 20.8 Å². The minimum atomic E-state index is -0.226. The average Bonchev–Trinajstić information content (AvgIpc) is 3.47. The van der Waals surface area contributed by atoms with E-state index in [4.69, 9.17) is 4.42 Å². The summed E-state index contributed by atoms with van der Waals surface area (Å²) >= 11 is 0. The first-order chi connectivity index (χ1) is 17.4. The van der Waals surface area contributed by atoms with Crippen molar-refractivity contribution in [3.63, 3.8) is 0 Å². The van der Waals surface area contributed by atoms with Crippen LogP contribution in [0.15, 0.2) is 69.9 Å². The highest BCUT2D eigenvalue weighted by Crippen LogP contribution is 2.28. The van der Waals surface area contributed by atoms with Crippen molar-refractivity contribution >= 4 is 39.7 Å². The van der Waals surface area contributed by atoms with Crippen molar-refractivity contribution < 1.29 is 4.42 Å². The van der Waals surface area contributed by atoms with Crippen molar-refractivity contribution in [3.05, 3.63) is 98.5 Å². The molecule has 0 aliphatic carbocycles. The number of aromatic nitrogens is 3. The van der Waals surface area contributed by atoms with Crippen LogP contribution in [0.25, 0.3) is 45.4 Å². The fourth-order valence-electron chi connectivity index (χ4n) is 4.65. The highest BCUT2D eigenvalue weighted by Gasteiger charge is 2.16. The summed E-state index contributed by atoms with van der Waals surface area (Å²) in [5.74, 6) is 0.558. The number of nitrogens with one attached hydrogen (secondary N) is 1. The number of nitrogens with zero attached hydrogens (tertiary/aromatic N) is 4. The largest absolute Gasteiger partial charge is 0.436 e. The number of anilines is 1. The Morgan fingerprint density at radius 1 is 1.00 bits per heavy atom. The van der Waals surface area contributed by atoms with E-state index in [1.165, 1.54) is 4.40 Å². The maximum Gasteiger partial charge on any atom is 0.265 e. The first-order valence-corrected chi connectivity index (χ1v) is 11.5. The Morgan fingerprint density at radius 2 is 1.78 bits per heavy atom. The van der Waals surface area contributed by atoms with Crippen molar-refractivity contribution in [2.75, 3.05) is 5.32 Å². The van der Waals surface area contributed by atoms with Gasteiger partial charge in [0.25, 0.3) is 5.56 Å². The van der Waals surface area contributed by atoms with E-state index in [0.717, 1.165) is 33.5 Å². The molecule has 174 valence electrons. The molecule has 0 aliphatic heterocycles. The number of oxazole rings is 1. The summed E-state index contributed by atoms with van der Waals surface area (Å²) < 4.78 is 7.52. The van der Waals surface area contributed by atoms with Crippen LogP contribution in [0.1, 0.15) is 22.3 Å². The van der Waals surface area contributed by atoms with E-state index in [0.29, 0.717) is 38.9 Å². The van der Waals surface area contributed by atoms with Gasteiger partial charge in [-0.3, -0.25) is 9.20 Å². The quantitative estimate of drug-likeness (QED) is 0.389. The molecule has 7 heteroatoms. The number of nitriles is 1. The summed E-state index contributed by atoms with van der Waals surface area (Å²) in [6, 6.07) is 21.3. The summed E-state index contributed by atoms with van der Waals surface area (Å²) in [5, 5.41) is 13.4. The predicted octanol–water partition coefficient (Wildman–Crippen LogP) is 5.02. The van der Waals surface area contributed by atoms with Crippen LogP contribution in [0.2, 0.25) is 0 Å². The van der Waals surface area contributed by atoms with Gasteiger partial charge < -0.3 is 9.73 Å². The van der Waals surface area contributed by atoms with Crippen molar-refractivity contribution in [1.29, 1.82) is 5.26 Å². The smallest absolute Gasteiger partial charge is 0.265 e. The van der Waals surface area contributed by atoms with Crippen molar-refractivity contribution in [2.24, 2.45) is 0 Å². The maximum absolute atomic E-state index is 13.4. The molecule has 0 atom stereocenters. The lowest BCUT2D eigenvalue weighted by atomic mass is 10.1.